The third kappa shape index (κ3) is 2.89. The van der Waals surface area contributed by atoms with Gasteiger partial charge in [-0.1, -0.05) is 29.8 Å². The SMILES string of the molecule is Cc1ccc(C(=O)N2C[C@H](C(=O)NN)Oc3ccccc32)cc1. The standard InChI is InChI=1S/C17H17N3O3/c1-11-6-8-12(9-7-11)17(22)20-10-15(16(21)19-18)23-14-5-3-2-4-13(14)20/h2-9,15H,10,18H2,1H3,(H,19,21)/t15-/m1/s1. The van der Waals surface area contributed by atoms with Crippen LogP contribution in [0.1, 0.15) is 15.9 Å². The minimum Gasteiger partial charge on any atom is -0.476 e. The highest BCUT2D eigenvalue weighted by molar-refractivity contribution is 6.07. The van der Waals surface area contributed by atoms with Crippen LogP contribution >= 0.6 is 0 Å². The summed E-state index contributed by atoms with van der Waals surface area (Å²) in [4.78, 5) is 26.2. The first-order valence-electron chi connectivity index (χ1n) is 7.25. The Balaban J connectivity index is 1.97. The van der Waals surface area contributed by atoms with Crippen LogP contribution in [0.25, 0.3) is 0 Å². The molecule has 3 rings (SSSR count). The number of amides is 2. The maximum atomic E-state index is 12.8. The van der Waals surface area contributed by atoms with Crippen LogP contribution in [0.4, 0.5) is 5.69 Å². The second kappa shape index (κ2) is 6.10. The molecule has 1 heterocycles. The molecule has 2 aromatic carbocycles. The molecule has 6 heteroatoms. The molecule has 118 valence electrons. The Morgan fingerprint density at radius 1 is 1.17 bits per heavy atom. The minimum atomic E-state index is -0.843. The van der Waals surface area contributed by atoms with E-state index in [-0.39, 0.29) is 12.5 Å². The molecule has 0 saturated carbocycles. The maximum absolute atomic E-state index is 12.8. The smallest absolute Gasteiger partial charge is 0.276 e. The van der Waals surface area contributed by atoms with E-state index in [0.29, 0.717) is 17.0 Å². The van der Waals surface area contributed by atoms with E-state index in [9.17, 15) is 9.59 Å². The van der Waals surface area contributed by atoms with Gasteiger partial charge >= 0.3 is 0 Å². The average molecular weight is 311 g/mol. The van der Waals surface area contributed by atoms with Crippen molar-refractivity contribution < 1.29 is 14.3 Å². The summed E-state index contributed by atoms with van der Waals surface area (Å²) in [5.74, 6) is 5.01. The average Bonchev–Trinajstić information content (AvgIpc) is 2.60. The Hall–Kier alpha value is -2.86. The number of rotatable bonds is 2. The molecule has 0 unspecified atom stereocenters. The Morgan fingerprint density at radius 2 is 1.87 bits per heavy atom. The van der Waals surface area contributed by atoms with Gasteiger partial charge < -0.3 is 9.64 Å². The lowest BCUT2D eigenvalue weighted by atomic mass is 10.1. The van der Waals surface area contributed by atoms with Crippen molar-refractivity contribution in [3.05, 3.63) is 59.7 Å². The number of carbonyl (C=O) groups excluding carboxylic acids is 2. The van der Waals surface area contributed by atoms with E-state index in [0.717, 1.165) is 5.56 Å². The molecule has 6 nitrogen and oxygen atoms in total. The molecule has 0 aromatic heterocycles. The summed E-state index contributed by atoms with van der Waals surface area (Å²) in [5.41, 5.74) is 4.34. The zero-order valence-electron chi connectivity index (χ0n) is 12.7. The Morgan fingerprint density at radius 3 is 2.57 bits per heavy atom. The van der Waals surface area contributed by atoms with E-state index in [2.05, 4.69) is 5.43 Å². The van der Waals surface area contributed by atoms with Crippen LogP contribution in [0.2, 0.25) is 0 Å². The number of para-hydroxylation sites is 2. The predicted octanol–water partition coefficient (Wildman–Crippen LogP) is 1.39. The number of hydrogen-bond acceptors (Lipinski definition) is 4. The zero-order valence-corrected chi connectivity index (χ0v) is 12.7. The van der Waals surface area contributed by atoms with Crippen LogP contribution in [-0.4, -0.2) is 24.5 Å². The molecule has 1 atom stereocenters. The van der Waals surface area contributed by atoms with Crippen LogP contribution < -0.4 is 20.9 Å². The van der Waals surface area contributed by atoms with Crippen LogP contribution in [0.5, 0.6) is 5.75 Å². The molecule has 0 aliphatic carbocycles. The number of hydrogen-bond donors (Lipinski definition) is 2. The molecule has 0 bridgehead atoms. The third-order valence-corrected chi connectivity index (χ3v) is 3.75. The van der Waals surface area contributed by atoms with Crippen molar-refractivity contribution in [2.45, 2.75) is 13.0 Å². The number of anilines is 1. The van der Waals surface area contributed by atoms with Gasteiger partial charge in [0.1, 0.15) is 5.75 Å². The molecule has 0 fully saturated rings. The van der Waals surface area contributed by atoms with Gasteiger partial charge in [-0.3, -0.25) is 15.0 Å². The molecule has 0 spiro atoms. The highest BCUT2D eigenvalue weighted by atomic mass is 16.5. The fraction of sp³-hybridized carbons (Fsp3) is 0.176. The van der Waals surface area contributed by atoms with Crippen LogP contribution in [0.15, 0.2) is 48.5 Å². The number of nitrogens with one attached hydrogen (secondary N) is 1. The quantitative estimate of drug-likeness (QED) is 0.499. The second-order valence-corrected chi connectivity index (χ2v) is 5.36. The molecule has 2 aromatic rings. The van der Waals surface area contributed by atoms with Crippen molar-refractivity contribution in [2.75, 3.05) is 11.4 Å². The Labute approximate surface area is 133 Å². The van der Waals surface area contributed by atoms with Gasteiger partial charge in [0.2, 0.25) is 0 Å². The Bertz CT molecular complexity index is 743. The summed E-state index contributed by atoms with van der Waals surface area (Å²) in [6.07, 6.45) is -0.843. The van der Waals surface area contributed by atoms with Crippen molar-refractivity contribution in [3.8, 4) is 5.75 Å². The molecule has 2 amide bonds. The summed E-state index contributed by atoms with van der Waals surface area (Å²) in [7, 11) is 0. The van der Waals surface area contributed by atoms with E-state index in [1.165, 1.54) is 0 Å². The summed E-state index contributed by atoms with van der Waals surface area (Å²) < 4.78 is 5.63. The minimum absolute atomic E-state index is 0.104. The van der Waals surface area contributed by atoms with Crippen molar-refractivity contribution >= 4 is 17.5 Å². The number of nitrogens with two attached hydrogens (primary N) is 1. The van der Waals surface area contributed by atoms with E-state index in [4.69, 9.17) is 10.6 Å². The van der Waals surface area contributed by atoms with Crippen LogP contribution in [-0.2, 0) is 4.79 Å². The highest BCUT2D eigenvalue weighted by Gasteiger charge is 2.33. The molecule has 0 saturated heterocycles. The van der Waals surface area contributed by atoms with Gasteiger partial charge in [-0.25, -0.2) is 5.84 Å². The molecule has 1 aliphatic rings. The first-order valence-corrected chi connectivity index (χ1v) is 7.25. The summed E-state index contributed by atoms with van der Waals surface area (Å²) >= 11 is 0. The molecular weight excluding hydrogens is 294 g/mol. The number of carbonyl (C=O) groups is 2. The van der Waals surface area contributed by atoms with Gasteiger partial charge in [0, 0.05) is 5.56 Å². The fourth-order valence-corrected chi connectivity index (χ4v) is 2.51. The number of nitrogens with zero attached hydrogens (tertiary/aromatic N) is 1. The normalized spacial score (nSPS) is 16.3. The van der Waals surface area contributed by atoms with Crippen molar-refractivity contribution in [2.24, 2.45) is 5.84 Å². The molecular formula is C17H17N3O3. The van der Waals surface area contributed by atoms with Gasteiger partial charge in [0.15, 0.2) is 6.10 Å². The number of hydrazine groups is 1. The largest absolute Gasteiger partial charge is 0.476 e. The molecule has 0 radical (unpaired) electrons. The van der Waals surface area contributed by atoms with Crippen LogP contribution in [0.3, 0.4) is 0 Å². The van der Waals surface area contributed by atoms with Gasteiger partial charge in [-0.05, 0) is 31.2 Å². The first-order chi connectivity index (χ1) is 11.1. The Kier molecular flexibility index (Phi) is 3.99. The molecule has 3 N–H and O–H groups in total. The first kappa shape index (κ1) is 15.1. The highest BCUT2D eigenvalue weighted by Crippen LogP contribution is 2.34. The predicted molar refractivity (Wildman–Crippen MR) is 86.0 cm³/mol. The molecule has 1 aliphatic heterocycles. The van der Waals surface area contributed by atoms with Gasteiger partial charge in [-0.15, -0.1) is 0 Å². The lowest BCUT2D eigenvalue weighted by molar-refractivity contribution is -0.127. The number of aryl methyl sites for hydroxylation is 1. The van der Waals surface area contributed by atoms with Crippen molar-refractivity contribution in [1.29, 1.82) is 0 Å². The maximum Gasteiger partial charge on any atom is 0.276 e. The third-order valence-electron chi connectivity index (χ3n) is 3.75. The second-order valence-electron chi connectivity index (χ2n) is 5.36. The monoisotopic (exact) mass is 311 g/mol. The zero-order chi connectivity index (χ0) is 16.4. The fourth-order valence-electron chi connectivity index (χ4n) is 2.51. The van der Waals surface area contributed by atoms with Gasteiger partial charge in [-0.2, -0.15) is 0 Å². The van der Waals surface area contributed by atoms with E-state index < -0.39 is 12.0 Å². The van der Waals surface area contributed by atoms with E-state index in [1.807, 2.05) is 25.1 Å². The van der Waals surface area contributed by atoms with Gasteiger partial charge in [0.05, 0.1) is 12.2 Å². The summed E-state index contributed by atoms with van der Waals surface area (Å²) in [6.45, 7) is 2.06. The lowest BCUT2D eigenvalue weighted by Gasteiger charge is -2.34. The number of fused-ring (bicyclic) bond motifs is 1. The lowest BCUT2D eigenvalue weighted by Crippen LogP contribution is -2.52. The summed E-state index contributed by atoms with van der Waals surface area (Å²) in [5, 5.41) is 0. The van der Waals surface area contributed by atoms with Crippen LogP contribution in [0, 0.1) is 6.92 Å². The van der Waals surface area contributed by atoms with E-state index in [1.54, 1.807) is 35.2 Å². The topological polar surface area (TPSA) is 84.7 Å². The summed E-state index contributed by atoms with van der Waals surface area (Å²) in [6, 6.07) is 14.4. The number of benzene rings is 2. The van der Waals surface area contributed by atoms with Crippen molar-refractivity contribution in [3.63, 3.8) is 0 Å². The number of ether oxygens (including phenoxy) is 1. The van der Waals surface area contributed by atoms with Gasteiger partial charge in [0.25, 0.3) is 11.8 Å². The van der Waals surface area contributed by atoms with Crippen molar-refractivity contribution in [1.82, 2.24) is 5.43 Å². The molecule has 23 heavy (non-hydrogen) atoms. The van der Waals surface area contributed by atoms with E-state index >= 15 is 0 Å².